The summed E-state index contributed by atoms with van der Waals surface area (Å²) in [6, 6.07) is 10.9. The normalized spacial score (nSPS) is 35.3. The van der Waals surface area contributed by atoms with E-state index in [0.717, 1.165) is 25.7 Å². The van der Waals surface area contributed by atoms with E-state index in [4.69, 9.17) is 0 Å². The summed E-state index contributed by atoms with van der Waals surface area (Å²) in [5, 5.41) is 0. The molecule has 0 radical (unpaired) electrons. The molecule has 7 aliphatic carbocycles. The first-order chi connectivity index (χ1) is 21.3. The van der Waals surface area contributed by atoms with Crippen molar-refractivity contribution in [2.45, 2.75) is 69.0 Å². The lowest BCUT2D eigenvalue weighted by molar-refractivity contribution is 0.156. The van der Waals surface area contributed by atoms with E-state index in [0.29, 0.717) is 41.8 Å². The van der Waals surface area contributed by atoms with Gasteiger partial charge in [-0.05, 0) is 89.5 Å². The average molecular weight is 560 g/mol. The molecule has 0 saturated carbocycles. The van der Waals surface area contributed by atoms with Crippen LogP contribution < -0.4 is 0 Å². The molecule has 1 heterocycles. The summed E-state index contributed by atoms with van der Waals surface area (Å²) in [4.78, 5) is 2.90. The van der Waals surface area contributed by atoms with Crippen molar-refractivity contribution in [1.29, 1.82) is 0 Å². The third-order valence-corrected chi connectivity index (χ3v) is 11.6. The maximum atomic E-state index is 2.90. The maximum Gasteiger partial charge on any atom is 0.0359 e. The summed E-state index contributed by atoms with van der Waals surface area (Å²) < 4.78 is 0. The van der Waals surface area contributed by atoms with Crippen molar-refractivity contribution in [3.05, 3.63) is 160 Å². The van der Waals surface area contributed by atoms with E-state index in [1.54, 1.807) is 27.9 Å². The molecular formula is C42H41N. The number of likely N-dealkylation sites (tertiary alicyclic amines) is 1. The Balaban J connectivity index is 1.01. The van der Waals surface area contributed by atoms with Gasteiger partial charge in [0.25, 0.3) is 0 Å². The second-order valence-electron chi connectivity index (χ2n) is 13.7. The van der Waals surface area contributed by atoms with E-state index in [2.05, 4.69) is 126 Å². The Hall–Kier alpha value is -3.68. The highest BCUT2D eigenvalue weighted by atomic mass is 15.2. The van der Waals surface area contributed by atoms with E-state index < -0.39 is 0 Å². The molecule has 0 amide bonds. The van der Waals surface area contributed by atoms with Gasteiger partial charge in [0, 0.05) is 41.8 Å². The second kappa shape index (κ2) is 10.5. The van der Waals surface area contributed by atoms with Crippen LogP contribution >= 0.6 is 0 Å². The van der Waals surface area contributed by atoms with Crippen molar-refractivity contribution in [3.8, 4) is 0 Å². The molecule has 43 heavy (non-hydrogen) atoms. The Morgan fingerprint density at radius 2 is 1.70 bits per heavy atom. The summed E-state index contributed by atoms with van der Waals surface area (Å²) in [6.07, 6.45) is 46.9. The lowest BCUT2D eigenvalue weighted by Crippen LogP contribution is -2.45. The van der Waals surface area contributed by atoms with E-state index in [1.807, 2.05) is 0 Å². The number of rotatable bonds is 3. The number of nitrogens with zero attached hydrogens (tertiary/aromatic N) is 1. The van der Waals surface area contributed by atoms with Gasteiger partial charge >= 0.3 is 0 Å². The van der Waals surface area contributed by atoms with Crippen LogP contribution in [0.2, 0.25) is 0 Å². The van der Waals surface area contributed by atoms with Crippen molar-refractivity contribution < 1.29 is 0 Å². The van der Waals surface area contributed by atoms with Crippen molar-refractivity contribution in [3.63, 3.8) is 0 Å². The van der Waals surface area contributed by atoms with Gasteiger partial charge in [0.2, 0.25) is 0 Å². The minimum absolute atomic E-state index is 0.476. The van der Waals surface area contributed by atoms with Gasteiger partial charge in [-0.25, -0.2) is 0 Å². The SMILES string of the molecule is C1=CCC(C2=CCC(N3C4C=CC=CC4C4C=C(C5=CC=C6C7=C(CCC=C7)c7ccccc7C6C5)CCC43)C=C2)C=C1. The highest BCUT2D eigenvalue weighted by molar-refractivity contribution is 5.83. The standard InChI is InChI=1S/C42H41N/c1-2-10-28(11-3-1)29-18-22-32(23-19-29)43-41-17-9-8-16-38(41)40-27-31(21-25-42(40)43)30-20-24-37-35-14-5-4-12-33(35)34-13-6-7-15-36(34)39(37)26-30/h1-3,5-10,13-20,22,24,27-28,32,38-42H,4,11-12,21,23,25-26H2. The number of hydrogen-bond donors (Lipinski definition) is 0. The molecule has 1 aliphatic heterocycles. The monoisotopic (exact) mass is 559 g/mol. The Morgan fingerprint density at radius 1 is 0.767 bits per heavy atom. The van der Waals surface area contributed by atoms with Gasteiger partial charge < -0.3 is 0 Å². The van der Waals surface area contributed by atoms with Gasteiger partial charge in [-0.15, -0.1) is 0 Å². The molecule has 8 aliphatic rings. The highest BCUT2D eigenvalue weighted by Crippen LogP contribution is 2.53. The average Bonchev–Trinajstić information content (AvgIpc) is 3.42. The summed E-state index contributed by atoms with van der Waals surface area (Å²) in [7, 11) is 0. The fourth-order valence-electron chi connectivity index (χ4n) is 9.60. The highest BCUT2D eigenvalue weighted by Gasteiger charge is 2.49. The third-order valence-electron chi connectivity index (χ3n) is 11.6. The van der Waals surface area contributed by atoms with Crippen LogP contribution in [0.15, 0.2) is 149 Å². The number of benzene rings is 1. The van der Waals surface area contributed by atoms with Crippen molar-refractivity contribution in [2.24, 2.45) is 17.8 Å². The molecule has 1 nitrogen and oxygen atoms in total. The summed E-state index contributed by atoms with van der Waals surface area (Å²) >= 11 is 0. The zero-order valence-electron chi connectivity index (χ0n) is 25.0. The molecule has 214 valence electrons. The minimum Gasteiger partial charge on any atom is -0.286 e. The minimum atomic E-state index is 0.476. The molecule has 1 fully saturated rings. The summed E-state index contributed by atoms with van der Waals surface area (Å²) in [5.41, 5.74) is 12.4. The Morgan fingerprint density at radius 3 is 2.60 bits per heavy atom. The lowest BCUT2D eigenvalue weighted by atomic mass is 9.67. The molecule has 0 aromatic heterocycles. The first-order valence-corrected chi connectivity index (χ1v) is 16.8. The summed E-state index contributed by atoms with van der Waals surface area (Å²) in [6.45, 7) is 0. The predicted molar refractivity (Wildman–Crippen MR) is 179 cm³/mol. The fraction of sp³-hybridized carbons (Fsp3) is 0.333. The van der Waals surface area contributed by atoms with Crippen LogP contribution in [-0.4, -0.2) is 23.0 Å². The molecule has 1 aromatic rings. The fourth-order valence-corrected chi connectivity index (χ4v) is 9.60. The topological polar surface area (TPSA) is 3.24 Å². The van der Waals surface area contributed by atoms with Gasteiger partial charge in [0.1, 0.15) is 0 Å². The van der Waals surface area contributed by atoms with Crippen LogP contribution in [0.4, 0.5) is 0 Å². The molecule has 7 atom stereocenters. The van der Waals surface area contributed by atoms with Crippen LogP contribution in [0, 0.1) is 17.8 Å². The second-order valence-corrected chi connectivity index (χ2v) is 13.7. The largest absolute Gasteiger partial charge is 0.286 e. The quantitative estimate of drug-likeness (QED) is 0.356. The number of allylic oxidation sites excluding steroid dienone is 17. The van der Waals surface area contributed by atoms with Crippen LogP contribution in [0.5, 0.6) is 0 Å². The van der Waals surface area contributed by atoms with E-state index in [-0.39, 0.29) is 0 Å². The smallest absolute Gasteiger partial charge is 0.0359 e. The van der Waals surface area contributed by atoms with Crippen molar-refractivity contribution in [1.82, 2.24) is 4.90 Å². The third kappa shape index (κ3) is 4.23. The van der Waals surface area contributed by atoms with Gasteiger partial charge in [-0.3, -0.25) is 4.90 Å². The first kappa shape index (κ1) is 25.8. The lowest BCUT2D eigenvalue weighted by Gasteiger charge is -2.39. The van der Waals surface area contributed by atoms with Gasteiger partial charge in [0.15, 0.2) is 0 Å². The van der Waals surface area contributed by atoms with Gasteiger partial charge in [-0.1, -0.05) is 121 Å². The molecule has 7 unspecified atom stereocenters. The van der Waals surface area contributed by atoms with Crippen LogP contribution in [0.3, 0.4) is 0 Å². The zero-order chi connectivity index (χ0) is 28.3. The molecule has 9 rings (SSSR count). The molecule has 1 heteroatoms. The van der Waals surface area contributed by atoms with Crippen molar-refractivity contribution in [2.75, 3.05) is 0 Å². The molecular weight excluding hydrogens is 518 g/mol. The summed E-state index contributed by atoms with van der Waals surface area (Å²) in [5.74, 6) is 2.18. The zero-order valence-corrected chi connectivity index (χ0v) is 25.0. The molecule has 0 spiro atoms. The number of fused-ring (bicyclic) bond motifs is 8. The Kier molecular flexibility index (Phi) is 6.29. The van der Waals surface area contributed by atoms with Crippen LogP contribution in [-0.2, 0) is 0 Å². The molecule has 1 aromatic carbocycles. The van der Waals surface area contributed by atoms with Crippen LogP contribution in [0.25, 0.3) is 5.57 Å². The Labute approximate surface area is 257 Å². The molecule has 1 saturated heterocycles. The van der Waals surface area contributed by atoms with E-state index >= 15 is 0 Å². The Bertz CT molecular complexity index is 1690. The van der Waals surface area contributed by atoms with Gasteiger partial charge in [0.05, 0.1) is 0 Å². The van der Waals surface area contributed by atoms with E-state index in [9.17, 15) is 0 Å². The van der Waals surface area contributed by atoms with Crippen LogP contribution in [0.1, 0.15) is 62.0 Å². The molecule has 0 bridgehead atoms. The van der Waals surface area contributed by atoms with Gasteiger partial charge in [-0.2, -0.15) is 0 Å². The molecule has 0 N–H and O–H groups in total. The maximum absolute atomic E-state index is 2.90. The number of hydrogen-bond acceptors (Lipinski definition) is 1. The first-order valence-electron chi connectivity index (χ1n) is 16.8. The van der Waals surface area contributed by atoms with E-state index in [1.165, 1.54) is 36.0 Å². The predicted octanol–water partition coefficient (Wildman–Crippen LogP) is 9.66. The van der Waals surface area contributed by atoms with Crippen molar-refractivity contribution >= 4 is 5.57 Å².